The number of unbranched alkanes of at least 4 members (excludes halogenated alkanes) is 2. The molecular weight excluding hydrogens is 526 g/mol. The van der Waals surface area contributed by atoms with E-state index in [9.17, 15) is 23.5 Å². The summed E-state index contributed by atoms with van der Waals surface area (Å²) in [6.45, 7) is 2.44. The maximum absolute atomic E-state index is 14.4. The maximum atomic E-state index is 14.4. The summed E-state index contributed by atoms with van der Waals surface area (Å²) < 4.78 is 40.2. The molecule has 1 saturated carbocycles. The average molecular weight is 571 g/mol. The minimum absolute atomic E-state index is 0.195. The van der Waals surface area contributed by atoms with E-state index in [0.717, 1.165) is 11.1 Å². The van der Waals surface area contributed by atoms with Gasteiger partial charge in [-0.05, 0) is 55.1 Å². The maximum Gasteiger partial charge on any atom is 0.306 e. The predicted octanol–water partition coefficient (Wildman–Crippen LogP) is 7.60. The molecule has 1 fully saturated rings. The first-order valence-electron chi connectivity index (χ1n) is 14.9. The summed E-state index contributed by atoms with van der Waals surface area (Å²) in [5.74, 6) is -4.99. The molecule has 2 aromatic carbocycles. The SMILES string of the molecule is CCCCC(F)(F)C(=O)CC[C@@H]1[C@@H](C/C=C\CCCC(=O)OCc2ccccc2)[C@@H](O)C[C@H]1OCc1ccccc1. The Hall–Kier alpha value is -2.90. The molecule has 0 saturated heterocycles. The van der Waals surface area contributed by atoms with Crippen molar-refractivity contribution in [3.8, 4) is 0 Å². The van der Waals surface area contributed by atoms with Gasteiger partial charge < -0.3 is 14.6 Å². The van der Waals surface area contributed by atoms with E-state index >= 15 is 0 Å². The molecule has 0 bridgehead atoms. The third kappa shape index (κ3) is 11.1. The molecular formula is C34H44F2O5. The van der Waals surface area contributed by atoms with Crippen LogP contribution in [0.25, 0.3) is 0 Å². The van der Waals surface area contributed by atoms with Crippen molar-refractivity contribution in [2.75, 3.05) is 0 Å². The van der Waals surface area contributed by atoms with Crippen molar-refractivity contribution < 1.29 is 33.0 Å². The number of esters is 1. The van der Waals surface area contributed by atoms with Crippen LogP contribution >= 0.6 is 0 Å². The molecule has 0 amide bonds. The van der Waals surface area contributed by atoms with Gasteiger partial charge in [0.05, 0.1) is 18.8 Å². The Labute approximate surface area is 242 Å². The van der Waals surface area contributed by atoms with Gasteiger partial charge in [0.1, 0.15) is 6.61 Å². The third-order valence-electron chi connectivity index (χ3n) is 7.83. The Bertz CT molecular complexity index is 1070. The van der Waals surface area contributed by atoms with E-state index in [1.54, 1.807) is 0 Å². The highest BCUT2D eigenvalue weighted by molar-refractivity contribution is 5.85. The molecule has 4 atom stereocenters. The number of carbonyl (C=O) groups excluding carboxylic acids is 2. The second-order valence-corrected chi connectivity index (χ2v) is 11.0. The van der Waals surface area contributed by atoms with Gasteiger partial charge in [0.15, 0.2) is 0 Å². The van der Waals surface area contributed by atoms with E-state index in [1.807, 2.05) is 79.7 Å². The van der Waals surface area contributed by atoms with Crippen molar-refractivity contribution >= 4 is 11.8 Å². The average Bonchev–Trinajstić information content (AvgIpc) is 3.28. The van der Waals surface area contributed by atoms with Gasteiger partial charge in [0.2, 0.25) is 5.78 Å². The molecule has 0 heterocycles. The van der Waals surface area contributed by atoms with Gasteiger partial charge in [-0.15, -0.1) is 0 Å². The van der Waals surface area contributed by atoms with Gasteiger partial charge in [0.25, 0.3) is 0 Å². The monoisotopic (exact) mass is 570 g/mol. The van der Waals surface area contributed by atoms with E-state index in [-0.39, 0.29) is 43.4 Å². The molecule has 1 aliphatic rings. The number of halogens is 2. The molecule has 2 aromatic rings. The molecule has 1 N–H and O–H groups in total. The van der Waals surface area contributed by atoms with Crippen LogP contribution in [0.15, 0.2) is 72.8 Å². The molecule has 5 nitrogen and oxygen atoms in total. The molecule has 0 spiro atoms. The van der Waals surface area contributed by atoms with Gasteiger partial charge in [-0.3, -0.25) is 9.59 Å². The molecule has 3 rings (SSSR count). The van der Waals surface area contributed by atoms with Crippen LogP contribution in [0, 0.1) is 11.8 Å². The predicted molar refractivity (Wildman–Crippen MR) is 155 cm³/mol. The second-order valence-electron chi connectivity index (χ2n) is 11.0. The van der Waals surface area contributed by atoms with Crippen LogP contribution in [0.1, 0.15) is 82.3 Å². The molecule has 7 heteroatoms. The number of ether oxygens (including phenoxy) is 2. The van der Waals surface area contributed by atoms with Crippen molar-refractivity contribution in [2.24, 2.45) is 11.8 Å². The number of ketones is 1. The number of hydrogen-bond acceptors (Lipinski definition) is 5. The zero-order chi connectivity index (χ0) is 29.5. The van der Waals surface area contributed by atoms with Crippen LogP contribution in [-0.2, 0) is 32.3 Å². The molecule has 0 aliphatic heterocycles. The highest BCUT2D eigenvalue weighted by Gasteiger charge is 2.44. The minimum atomic E-state index is -3.31. The highest BCUT2D eigenvalue weighted by atomic mass is 19.3. The van der Waals surface area contributed by atoms with Gasteiger partial charge in [-0.2, -0.15) is 8.78 Å². The number of Topliss-reactive ketones (excluding diaryl/α,β-unsaturated/α-hetero) is 1. The van der Waals surface area contributed by atoms with Crippen LogP contribution in [0.2, 0.25) is 0 Å². The molecule has 0 unspecified atom stereocenters. The fourth-order valence-electron chi connectivity index (χ4n) is 5.41. The lowest BCUT2D eigenvalue weighted by atomic mass is 9.85. The number of aliphatic hydroxyl groups excluding tert-OH is 1. The van der Waals surface area contributed by atoms with Crippen molar-refractivity contribution in [3.63, 3.8) is 0 Å². The summed E-state index contributed by atoms with van der Waals surface area (Å²) in [4.78, 5) is 24.4. The van der Waals surface area contributed by atoms with E-state index in [0.29, 0.717) is 51.6 Å². The second kappa shape index (κ2) is 17.1. The Morgan fingerprint density at radius 2 is 1.59 bits per heavy atom. The highest BCUT2D eigenvalue weighted by Crippen LogP contribution is 2.41. The first-order valence-corrected chi connectivity index (χ1v) is 14.9. The van der Waals surface area contributed by atoms with Crippen LogP contribution in [-0.4, -0.2) is 35.0 Å². The summed E-state index contributed by atoms with van der Waals surface area (Å²) >= 11 is 0. The van der Waals surface area contributed by atoms with Gasteiger partial charge in [0, 0.05) is 25.7 Å². The van der Waals surface area contributed by atoms with Crippen molar-refractivity contribution in [2.45, 2.75) is 102 Å². The first kappa shape index (κ1) is 32.6. The van der Waals surface area contributed by atoms with Crippen LogP contribution in [0.5, 0.6) is 0 Å². The number of rotatable bonds is 18. The third-order valence-corrected chi connectivity index (χ3v) is 7.83. The van der Waals surface area contributed by atoms with E-state index in [1.165, 1.54) is 0 Å². The van der Waals surface area contributed by atoms with E-state index in [4.69, 9.17) is 9.47 Å². The van der Waals surface area contributed by atoms with Crippen molar-refractivity contribution in [3.05, 3.63) is 83.9 Å². The summed E-state index contributed by atoms with van der Waals surface area (Å²) in [5, 5.41) is 10.9. The zero-order valence-electron chi connectivity index (χ0n) is 24.1. The Morgan fingerprint density at radius 3 is 2.24 bits per heavy atom. The normalized spacial score (nSPS) is 20.9. The quantitative estimate of drug-likeness (QED) is 0.113. The van der Waals surface area contributed by atoms with Crippen molar-refractivity contribution in [1.29, 1.82) is 0 Å². The summed E-state index contributed by atoms with van der Waals surface area (Å²) in [6, 6.07) is 19.2. The number of alkyl halides is 2. The first-order chi connectivity index (χ1) is 19.8. The van der Waals surface area contributed by atoms with Crippen LogP contribution in [0.4, 0.5) is 8.78 Å². The Morgan fingerprint density at radius 1 is 0.927 bits per heavy atom. The van der Waals surface area contributed by atoms with Crippen LogP contribution < -0.4 is 0 Å². The molecule has 41 heavy (non-hydrogen) atoms. The zero-order valence-corrected chi connectivity index (χ0v) is 24.1. The molecule has 1 aliphatic carbocycles. The van der Waals surface area contributed by atoms with Gasteiger partial charge in [-0.25, -0.2) is 0 Å². The smallest absolute Gasteiger partial charge is 0.306 e. The number of benzene rings is 2. The molecule has 0 aromatic heterocycles. The number of carbonyl (C=O) groups is 2. The lowest BCUT2D eigenvalue weighted by molar-refractivity contribution is -0.145. The van der Waals surface area contributed by atoms with Gasteiger partial charge in [-0.1, -0.05) is 86.2 Å². The lowest BCUT2D eigenvalue weighted by Crippen LogP contribution is -2.31. The largest absolute Gasteiger partial charge is 0.461 e. The van der Waals surface area contributed by atoms with Crippen molar-refractivity contribution in [1.82, 2.24) is 0 Å². The Balaban J connectivity index is 1.51. The lowest BCUT2D eigenvalue weighted by Gasteiger charge is -2.26. The summed E-state index contributed by atoms with van der Waals surface area (Å²) in [7, 11) is 0. The molecule has 0 radical (unpaired) electrons. The fraction of sp³-hybridized carbons (Fsp3) is 0.529. The number of aliphatic hydroxyl groups is 1. The van der Waals surface area contributed by atoms with Gasteiger partial charge >= 0.3 is 11.9 Å². The van der Waals surface area contributed by atoms with E-state index in [2.05, 4.69) is 0 Å². The topological polar surface area (TPSA) is 72.8 Å². The van der Waals surface area contributed by atoms with Crippen LogP contribution in [0.3, 0.4) is 0 Å². The number of hydrogen-bond donors (Lipinski definition) is 1. The minimum Gasteiger partial charge on any atom is -0.461 e. The number of allylic oxidation sites excluding steroid dienone is 2. The van der Waals surface area contributed by atoms with E-state index < -0.39 is 24.2 Å². The standard InChI is InChI=1S/C34H44F2O5/c1-2-3-22-34(35,36)32(38)21-20-29-28(30(37)23-31(29)40-24-26-14-8-6-9-15-26)18-12-4-5-13-19-33(39)41-25-27-16-10-7-11-17-27/h4,6-12,14-17,28-31,37H,2-3,5,13,18-25H2,1H3/b12-4-/t28-,29-,30+,31-/m1/s1. The Kier molecular flexibility index (Phi) is 13.6. The summed E-state index contributed by atoms with van der Waals surface area (Å²) in [6.07, 6.45) is 6.11. The molecule has 224 valence electrons. The summed E-state index contributed by atoms with van der Waals surface area (Å²) in [5.41, 5.74) is 1.94. The fourth-order valence-corrected chi connectivity index (χ4v) is 5.41.